The van der Waals surface area contributed by atoms with Gasteiger partial charge in [0.05, 0.1) is 0 Å². The predicted octanol–water partition coefficient (Wildman–Crippen LogP) is 0.262. The number of aryl methyl sites for hydroxylation is 1. The quantitative estimate of drug-likeness (QED) is 0.238. The van der Waals surface area contributed by atoms with Crippen molar-refractivity contribution in [3.05, 3.63) is 41.0 Å². The number of nitrogens with zero attached hydrogens (tertiary/aromatic N) is 2. The fraction of sp³-hybridized carbons (Fsp3) is 0.455. The third-order valence-corrected chi connectivity index (χ3v) is 8.79. The molecule has 0 saturated carbocycles. The van der Waals surface area contributed by atoms with E-state index in [9.17, 15) is 14.7 Å². The van der Waals surface area contributed by atoms with E-state index < -0.39 is 44.7 Å². The second-order valence-corrected chi connectivity index (χ2v) is 12.0. The van der Waals surface area contributed by atoms with E-state index in [2.05, 4.69) is 17.1 Å². The summed E-state index contributed by atoms with van der Waals surface area (Å²) in [6, 6.07) is 7.60. The van der Waals surface area contributed by atoms with Crippen LogP contribution in [0, 0.1) is 17.7 Å². The van der Waals surface area contributed by atoms with E-state index in [1.165, 1.54) is 4.90 Å². The van der Waals surface area contributed by atoms with E-state index in [1.807, 2.05) is 24.6 Å². The second-order valence-electron chi connectivity index (χ2n) is 8.52. The molecule has 1 saturated heterocycles. The van der Waals surface area contributed by atoms with Crippen LogP contribution in [0.15, 0.2) is 29.8 Å². The van der Waals surface area contributed by atoms with Gasteiger partial charge in [-0.05, 0) is 0 Å². The number of benzene rings is 1. The minimum absolute atomic E-state index is 0.0263. The van der Waals surface area contributed by atoms with E-state index in [4.69, 9.17) is 5.41 Å². The van der Waals surface area contributed by atoms with Crippen LogP contribution in [0.2, 0.25) is 0 Å². The predicted molar refractivity (Wildman–Crippen MR) is 114 cm³/mol. The number of carbonyl (C=O) groups excluding carboxylic acids is 2. The van der Waals surface area contributed by atoms with Crippen molar-refractivity contribution >= 4 is 26.7 Å². The molecule has 0 bridgehead atoms. The summed E-state index contributed by atoms with van der Waals surface area (Å²) in [6.45, 7) is 7.54. The third-order valence-electron chi connectivity index (χ3n) is 5.08. The zero-order chi connectivity index (χ0) is 22.1. The van der Waals surface area contributed by atoms with Crippen molar-refractivity contribution in [1.82, 2.24) is 9.88 Å². The Morgan fingerprint density at radius 3 is 2.53 bits per heavy atom. The van der Waals surface area contributed by atoms with Crippen LogP contribution >= 0.6 is 11.3 Å². The molecule has 162 valence electrons. The number of carbonyl (C=O) groups is 2. The molecule has 0 unspecified atom stereocenters. The number of aromatic nitrogens is 1. The van der Waals surface area contributed by atoms with Crippen LogP contribution in [0.3, 0.4) is 0 Å². The number of amides is 1. The summed E-state index contributed by atoms with van der Waals surface area (Å²) in [4.78, 5) is 32.5. The van der Waals surface area contributed by atoms with Gasteiger partial charge in [-0.15, -0.1) is 0 Å². The summed E-state index contributed by atoms with van der Waals surface area (Å²) in [5, 5.41) is 18.2. The SMILES string of the molecule is Cc1ncsc1-c1ccc(C[I-]C(=O)[C@@H]2C[C@@H](O)CN2C(=O)C(=N)C(C)(C)C)cc1. The molecule has 2 aromatic rings. The topological polar surface area (TPSA) is 94.3 Å². The summed E-state index contributed by atoms with van der Waals surface area (Å²) in [5.74, 6) is -0.439. The molecular formula is C22H27IN3O3S-. The molecule has 2 heterocycles. The van der Waals surface area contributed by atoms with Crippen molar-refractivity contribution in [3.63, 3.8) is 0 Å². The zero-order valence-electron chi connectivity index (χ0n) is 17.6. The molecule has 3 rings (SSSR count). The van der Waals surface area contributed by atoms with Gasteiger partial charge in [-0.25, -0.2) is 0 Å². The van der Waals surface area contributed by atoms with E-state index in [1.54, 1.807) is 32.1 Å². The number of β-amino-alcohol motifs (C(OH)–C–C–N with tert-alkyl or cyclic N) is 1. The molecule has 2 atom stereocenters. The summed E-state index contributed by atoms with van der Waals surface area (Å²) in [6.07, 6.45) is -0.438. The number of hydrogen-bond acceptors (Lipinski definition) is 6. The Kier molecular flexibility index (Phi) is 7.09. The van der Waals surface area contributed by atoms with Gasteiger partial charge in [0.1, 0.15) is 0 Å². The van der Waals surface area contributed by atoms with Crippen LogP contribution in [0.5, 0.6) is 0 Å². The Labute approximate surface area is 191 Å². The molecule has 1 aromatic heterocycles. The fourth-order valence-electron chi connectivity index (χ4n) is 3.27. The average molecular weight is 540 g/mol. The van der Waals surface area contributed by atoms with E-state index in [0.717, 1.165) is 21.7 Å². The molecule has 1 fully saturated rings. The normalized spacial score (nSPS) is 19.3. The van der Waals surface area contributed by atoms with Gasteiger partial charge in [0, 0.05) is 0 Å². The maximum atomic E-state index is 12.9. The molecule has 6 nitrogen and oxygen atoms in total. The molecule has 1 amide bonds. The number of aliphatic hydroxyl groups excluding tert-OH is 1. The van der Waals surface area contributed by atoms with E-state index in [0.29, 0.717) is 4.43 Å². The first kappa shape index (κ1) is 23.0. The van der Waals surface area contributed by atoms with Gasteiger partial charge in [-0.1, -0.05) is 0 Å². The van der Waals surface area contributed by atoms with Crippen molar-refractivity contribution in [2.45, 2.75) is 50.7 Å². The van der Waals surface area contributed by atoms with Crippen molar-refractivity contribution in [1.29, 1.82) is 5.41 Å². The minimum atomic E-state index is -0.837. The molecule has 0 spiro atoms. The summed E-state index contributed by atoms with van der Waals surface area (Å²) in [5.41, 5.74) is 4.46. The third kappa shape index (κ3) is 5.15. The molecule has 8 heteroatoms. The summed E-state index contributed by atoms with van der Waals surface area (Å²) in [7, 11) is 0. The molecule has 1 aromatic carbocycles. The number of thiazole rings is 1. The number of aliphatic hydroxyl groups is 1. The van der Waals surface area contributed by atoms with Crippen LogP contribution in [-0.2, 0) is 14.0 Å². The van der Waals surface area contributed by atoms with Gasteiger partial charge >= 0.3 is 192 Å². The number of rotatable bonds is 6. The number of halogens is 1. The number of likely N-dealkylation sites (tertiary alicyclic amines) is 1. The molecule has 30 heavy (non-hydrogen) atoms. The van der Waals surface area contributed by atoms with Crippen LogP contribution in [0.25, 0.3) is 10.4 Å². The Bertz CT molecular complexity index is 949. The molecule has 2 N–H and O–H groups in total. The van der Waals surface area contributed by atoms with E-state index >= 15 is 0 Å². The van der Waals surface area contributed by atoms with Crippen LogP contribution < -0.4 is 21.2 Å². The second kappa shape index (κ2) is 9.23. The number of hydrogen-bond donors (Lipinski definition) is 2. The number of nitrogens with one attached hydrogen (secondary N) is 1. The molecule has 0 radical (unpaired) electrons. The molecule has 0 aliphatic carbocycles. The van der Waals surface area contributed by atoms with Crippen LogP contribution in [0.1, 0.15) is 38.4 Å². The van der Waals surface area contributed by atoms with Gasteiger partial charge in [-0.2, -0.15) is 0 Å². The Morgan fingerprint density at radius 2 is 1.97 bits per heavy atom. The van der Waals surface area contributed by atoms with Crippen LogP contribution in [-0.4, -0.2) is 49.1 Å². The van der Waals surface area contributed by atoms with Crippen molar-refractivity contribution in [2.24, 2.45) is 5.41 Å². The van der Waals surface area contributed by atoms with Crippen LogP contribution in [0.4, 0.5) is 0 Å². The Balaban J connectivity index is 1.64. The van der Waals surface area contributed by atoms with Crippen molar-refractivity contribution < 1.29 is 35.9 Å². The van der Waals surface area contributed by atoms with Crippen molar-refractivity contribution in [2.75, 3.05) is 6.54 Å². The van der Waals surface area contributed by atoms with Gasteiger partial charge in [0.2, 0.25) is 0 Å². The van der Waals surface area contributed by atoms with Gasteiger partial charge in [0.15, 0.2) is 0 Å². The first-order valence-corrected chi connectivity index (χ1v) is 13.3. The molecule has 1 aliphatic heterocycles. The Morgan fingerprint density at radius 1 is 1.30 bits per heavy atom. The summed E-state index contributed by atoms with van der Waals surface area (Å²) >= 11 is 0.777. The first-order valence-electron chi connectivity index (χ1n) is 9.78. The maximum absolute atomic E-state index is 12.9. The number of alkyl halides is 1. The monoisotopic (exact) mass is 540 g/mol. The standard InChI is InChI=1S/C22H27IN3O3S/c1-13-18(30-12-25-13)15-7-5-14(6-8-15)10-23-20(28)17-9-16(27)11-26(17)21(29)19(24)22(2,3)4/h5-8,12,16-17,24,27H,9-11H2,1-4H3/q-1/t16-,17+/m1/s1. The average Bonchev–Trinajstić information content (AvgIpc) is 3.30. The zero-order valence-corrected chi connectivity index (χ0v) is 20.6. The van der Waals surface area contributed by atoms with Crippen molar-refractivity contribution in [3.8, 4) is 10.4 Å². The molecule has 1 aliphatic rings. The fourth-order valence-corrected chi connectivity index (χ4v) is 6.51. The van der Waals surface area contributed by atoms with Gasteiger partial charge < -0.3 is 0 Å². The summed E-state index contributed by atoms with van der Waals surface area (Å²) < 4.78 is 0.730. The Hall–Kier alpha value is -1.65. The first-order chi connectivity index (χ1) is 14.1. The van der Waals surface area contributed by atoms with E-state index in [-0.39, 0.29) is 22.5 Å². The van der Waals surface area contributed by atoms with Gasteiger partial charge in [0.25, 0.3) is 0 Å². The molecular weight excluding hydrogens is 513 g/mol. The van der Waals surface area contributed by atoms with Gasteiger partial charge in [-0.3, -0.25) is 0 Å².